The maximum Gasteiger partial charge on any atom is 0.186 e. The molecule has 17 atom stereocenters. The molecular weight excluding hydrogens is 869 g/mol. The van der Waals surface area contributed by atoms with Crippen LogP contribution in [-0.4, -0.2) is 143 Å². The molecule has 0 aliphatic carbocycles. The summed E-state index contributed by atoms with van der Waals surface area (Å²) in [6.07, 6.45) is 9.68. The molecule has 2 fully saturated rings. The average molecular weight is 977 g/mol. The van der Waals surface area contributed by atoms with E-state index in [1.807, 2.05) is 0 Å². The van der Waals surface area contributed by atoms with Crippen LogP contribution in [0, 0.1) is 47.3 Å². The predicted molar refractivity (Wildman–Crippen MR) is 270 cm³/mol. The monoisotopic (exact) mass is 977 g/mol. The fourth-order valence-electron chi connectivity index (χ4n) is 9.74. The first-order valence-electron chi connectivity index (χ1n) is 27.7. The van der Waals surface area contributed by atoms with Gasteiger partial charge in [-0.1, -0.05) is 185 Å². The SMILES string of the molecule is CC(C)CCC[C@@H](C)CCC[C@@H](C)CCC[C@@H](C)CCOC[C@@H](CO[C@@H]1O[C@H](CO[C@H]2O[C@H](CO)[C@H](O)[C@H](O)[C@H]2O)[C@@H](O)[C@H](O)[C@H]1O)OCC[C@H](C)CCC[C@H](C)CCC[C@H](C)CCCC(C)C. The lowest BCUT2D eigenvalue weighted by molar-refractivity contribution is -0.333. The van der Waals surface area contributed by atoms with E-state index >= 15 is 0 Å². The molecule has 0 aromatic rings. The Balaban J connectivity index is 1.86. The highest BCUT2D eigenvalue weighted by Crippen LogP contribution is 2.28. The summed E-state index contributed by atoms with van der Waals surface area (Å²) in [5, 5.41) is 72.7. The smallest absolute Gasteiger partial charge is 0.186 e. The van der Waals surface area contributed by atoms with Crippen LogP contribution in [0.3, 0.4) is 0 Å². The van der Waals surface area contributed by atoms with E-state index in [1.165, 1.54) is 109 Å². The van der Waals surface area contributed by atoms with Crippen LogP contribution in [0.2, 0.25) is 0 Å². The molecule has 13 nitrogen and oxygen atoms in total. The van der Waals surface area contributed by atoms with Gasteiger partial charge in [0.05, 0.1) is 26.4 Å². The molecule has 406 valence electrons. The van der Waals surface area contributed by atoms with Crippen LogP contribution in [0.4, 0.5) is 0 Å². The first kappa shape index (κ1) is 63.6. The number of rotatable bonds is 40. The molecule has 0 spiro atoms. The lowest BCUT2D eigenvalue weighted by atomic mass is 9.91. The molecule has 0 amide bonds. The van der Waals surface area contributed by atoms with Gasteiger partial charge in [0, 0.05) is 13.2 Å². The highest BCUT2D eigenvalue weighted by molar-refractivity contribution is 4.92. The molecule has 68 heavy (non-hydrogen) atoms. The molecule has 0 aromatic heterocycles. The summed E-state index contributed by atoms with van der Waals surface area (Å²) in [6.45, 7) is 23.7. The van der Waals surface area contributed by atoms with Crippen LogP contribution in [0.5, 0.6) is 0 Å². The molecule has 7 N–H and O–H groups in total. The molecule has 0 aromatic carbocycles. The van der Waals surface area contributed by atoms with Gasteiger partial charge in [-0.25, -0.2) is 0 Å². The second kappa shape index (κ2) is 36.4. The summed E-state index contributed by atoms with van der Waals surface area (Å²) in [6, 6.07) is 0. The predicted octanol–water partition coefficient (Wildman–Crippen LogP) is 8.96. The Morgan fingerprint density at radius 2 is 0.735 bits per heavy atom. The molecule has 2 aliphatic rings. The number of hydrogen-bond donors (Lipinski definition) is 7. The summed E-state index contributed by atoms with van der Waals surface area (Å²) < 4.78 is 35.5. The molecule has 2 aliphatic heterocycles. The number of ether oxygens (including phenoxy) is 6. The molecular formula is C55H108O13. The van der Waals surface area contributed by atoms with Gasteiger partial charge in [0.15, 0.2) is 12.6 Å². The molecule has 0 unspecified atom stereocenters. The normalized spacial score (nSPS) is 29.0. The lowest BCUT2D eigenvalue weighted by Gasteiger charge is -2.42. The molecule has 2 heterocycles. The second-order valence-electron chi connectivity index (χ2n) is 23.0. The first-order chi connectivity index (χ1) is 32.3. The second-order valence-corrected chi connectivity index (χ2v) is 23.0. The van der Waals surface area contributed by atoms with Crippen LogP contribution in [0.15, 0.2) is 0 Å². The summed E-state index contributed by atoms with van der Waals surface area (Å²) >= 11 is 0. The summed E-state index contributed by atoms with van der Waals surface area (Å²) in [5.41, 5.74) is 0. The Kier molecular flexibility index (Phi) is 34.1. The van der Waals surface area contributed by atoms with E-state index in [0.717, 1.165) is 54.8 Å². The zero-order chi connectivity index (χ0) is 50.6. The van der Waals surface area contributed by atoms with Crippen LogP contribution in [0.1, 0.15) is 198 Å². The van der Waals surface area contributed by atoms with Crippen LogP contribution in [-0.2, 0) is 28.4 Å². The van der Waals surface area contributed by atoms with E-state index in [1.54, 1.807) is 0 Å². The van der Waals surface area contributed by atoms with Crippen molar-refractivity contribution in [3.05, 3.63) is 0 Å². The van der Waals surface area contributed by atoms with Gasteiger partial charge in [-0.2, -0.15) is 0 Å². The van der Waals surface area contributed by atoms with Gasteiger partial charge in [-0.15, -0.1) is 0 Å². The Labute approximate surface area is 415 Å². The maximum absolute atomic E-state index is 10.9. The van der Waals surface area contributed by atoms with E-state index in [4.69, 9.17) is 28.4 Å². The van der Waals surface area contributed by atoms with Gasteiger partial charge < -0.3 is 64.2 Å². The van der Waals surface area contributed by atoms with Gasteiger partial charge in [0.1, 0.15) is 54.9 Å². The van der Waals surface area contributed by atoms with Crippen molar-refractivity contribution in [2.24, 2.45) is 47.3 Å². The summed E-state index contributed by atoms with van der Waals surface area (Å²) in [5.74, 6) is 5.74. The number of aliphatic hydroxyl groups is 7. The van der Waals surface area contributed by atoms with E-state index in [-0.39, 0.29) is 13.2 Å². The molecule has 0 radical (unpaired) electrons. The van der Waals surface area contributed by atoms with Gasteiger partial charge in [0.25, 0.3) is 0 Å². The van der Waals surface area contributed by atoms with E-state index in [2.05, 4.69) is 69.2 Å². The minimum absolute atomic E-state index is 0.00274. The van der Waals surface area contributed by atoms with Gasteiger partial charge in [0.2, 0.25) is 0 Å². The molecule has 2 rings (SSSR count). The third kappa shape index (κ3) is 27.0. The fraction of sp³-hybridized carbons (Fsp3) is 1.00. The molecule has 2 saturated heterocycles. The van der Waals surface area contributed by atoms with Crippen LogP contribution >= 0.6 is 0 Å². The third-order valence-electron chi connectivity index (χ3n) is 14.9. The van der Waals surface area contributed by atoms with Gasteiger partial charge >= 0.3 is 0 Å². The molecule has 0 saturated carbocycles. The minimum atomic E-state index is -1.65. The highest BCUT2D eigenvalue weighted by atomic mass is 16.7. The number of aliphatic hydroxyl groups excluding tert-OH is 7. The topological polar surface area (TPSA) is 197 Å². The third-order valence-corrected chi connectivity index (χ3v) is 14.9. The standard InChI is InChI=1S/C55H108O13/c1-37(2)17-11-19-39(5)21-13-23-41(7)25-15-27-43(9)29-31-63-34-45(64-32-30-44(10)28-16-26-42(8)24-14-22-40(6)20-12-18-38(3)4)35-65-54-53(62)51(60)49(58)47(68-54)36-66-55-52(61)50(59)48(57)46(33-56)67-55/h37-62H,11-36H2,1-10H3/t39-,40-,41-,42-,43-,44-,45+,46-,47-,48+,49-,50+,51+,52-,53-,54-,55+/m1/s1. The van der Waals surface area contributed by atoms with Crippen molar-refractivity contribution in [2.75, 3.05) is 39.6 Å². The van der Waals surface area contributed by atoms with Crippen molar-refractivity contribution in [1.29, 1.82) is 0 Å². The van der Waals surface area contributed by atoms with E-state index in [0.29, 0.717) is 25.0 Å². The van der Waals surface area contributed by atoms with E-state index in [9.17, 15) is 35.7 Å². The van der Waals surface area contributed by atoms with Crippen molar-refractivity contribution < 1.29 is 64.2 Å². The zero-order valence-corrected chi connectivity index (χ0v) is 44.9. The van der Waals surface area contributed by atoms with Crippen LogP contribution in [0.25, 0.3) is 0 Å². The lowest BCUT2D eigenvalue weighted by Crippen LogP contribution is -2.61. The van der Waals surface area contributed by atoms with Crippen molar-refractivity contribution in [3.63, 3.8) is 0 Å². The van der Waals surface area contributed by atoms with Crippen molar-refractivity contribution in [2.45, 2.75) is 265 Å². The quantitative estimate of drug-likeness (QED) is 0.0288. The largest absolute Gasteiger partial charge is 0.394 e. The first-order valence-corrected chi connectivity index (χ1v) is 27.7. The van der Waals surface area contributed by atoms with Crippen LogP contribution < -0.4 is 0 Å². The Hall–Kier alpha value is -0.520. The zero-order valence-electron chi connectivity index (χ0n) is 44.9. The maximum atomic E-state index is 10.9. The van der Waals surface area contributed by atoms with E-state index < -0.39 is 80.7 Å². The highest BCUT2D eigenvalue weighted by Gasteiger charge is 2.47. The molecule has 13 heteroatoms. The van der Waals surface area contributed by atoms with Crippen molar-refractivity contribution in [3.8, 4) is 0 Å². The van der Waals surface area contributed by atoms with Gasteiger partial charge in [-0.05, 0) is 60.2 Å². The summed E-state index contributed by atoms with van der Waals surface area (Å²) in [4.78, 5) is 0. The minimum Gasteiger partial charge on any atom is -0.394 e. The van der Waals surface area contributed by atoms with Crippen molar-refractivity contribution >= 4 is 0 Å². The Morgan fingerprint density at radius 1 is 0.382 bits per heavy atom. The average Bonchev–Trinajstić information content (AvgIpc) is 3.28. The Bertz CT molecular complexity index is 1190. The summed E-state index contributed by atoms with van der Waals surface area (Å²) in [7, 11) is 0. The Morgan fingerprint density at radius 3 is 1.15 bits per heavy atom. The van der Waals surface area contributed by atoms with Gasteiger partial charge in [-0.3, -0.25) is 0 Å². The molecule has 0 bridgehead atoms. The number of hydrogen-bond acceptors (Lipinski definition) is 13. The fourth-order valence-corrected chi connectivity index (χ4v) is 9.74. The van der Waals surface area contributed by atoms with Crippen molar-refractivity contribution in [1.82, 2.24) is 0 Å².